The molecule has 1 aromatic heterocycles. The zero-order valence-electron chi connectivity index (χ0n) is 21.9. The van der Waals surface area contributed by atoms with Crippen LogP contribution in [0.2, 0.25) is 0 Å². The zero-order valence-corrected chi connectivity index (χ0v) is 22.8. The predicted molar refractivity (Wildman–Crippen MR) is 160 cm³/mol. The minimum atomic E-state index is 0.482. The first-order valence-corrected chi connectivity index (χ1v) is 13.7. The molecule has 0 aliphatic carbocycles. The first-order valence-electron chi connectivity index (χ1n) is 13.3. The van der Waals surface area contributed by atoms with Gasteiger partial charge >= 0.3 is 0 Å². The van der Waals surface area contributed by atoms with E-state index in [4.69, 9.17) is 21.7 Å². The lowest BCUT2D eigenvalue weighted by molar-refractivity contribution is 0.294. The molecular formula is C31H36N4O2S. The highest BCUT2D eigenvalue weighted by Crippen LogP contribution is 2.21. The van der Waals surface area contributed by atoms with E-state index in [1.807, 2.05) is 54.6 Å². The van der Waals surface area contributed by atoms with Crippen LogP contribution in [-0.4, -0.2) is 29.1 Å². The summed E-state index contributed by atoms with van der Waals surface area (Å²) in [6.45, 7) is 4.90. The normalized spacial score (nSPS) is 11.1. The van der Waals surface area contributed by atoms with Gasteiger partial charge in [0.05, 0.1) is 19.4 Å². The van der Waals surface area contributed by atoms with E-state index in [1.165, 1.54) is 19.3 Å². The largest absolute Gasteiger partial charge is 0.494 e. The number of fused-ring (bicyclic) bond motifs is 1. The molecule has 198 valence electrons. The number of unbranched alkanes of at least 4 members (excludes halogenated alkanes) is 3. The summed E-state index contributed by atoms with van der Waals surface area (Å²) in [5, 5.41) is 9.13. The van der Waals surface area contributed by atoms with Gasteiger partial charge in [-0.1, -0.05) is 74.7 Å². The van der Waals surface area contributed by atoms with E-state index in [-0.39, 0.29) is 0 Å². The highest BCUT2D eigenvalue weighted by Gasteiger charge is 2.07. The summed E-state index contributed by atoms with van der Waals surface area (Å²) in [4.78, 5) is 0. The molecule has 0 fully saturated rings. The summed E-state index contributed by atoms with van der Waals surface area (Å²) in [5.74, 6) is 1.72. The Hall–Kier alpha value is -3.84. The number of hydrogen-bond acceptors (Lipinski definition) is 4. The molecule has 0 aliphatic rings. The van der Waals surface area contributed by atoms with Gasteiger partial charge in [-0.25, -0.2) is 0 Å². The second-order valence-electron chi connectivity index (χ2n) is 9.06. The highest BCUT2D eigenvalue weighted by molar-refractivity contribution is 7.80. The summed E-state index contributed by atoms with van der Waals surface area (Å²) < 4.78 is 14.0. The third-order valence-corrected chi connectivity index (χ3v) is 6.41. The third kappa shape index (κ3) is 8.35. The smallest absolute Gasteiger partial charge is 0.187 e. The van der Waals surface area contributed by atoms with Crippen LogP contribution in [0.15, 0.2) is 90.2 Å². The molecule has 0 bridgehead atoms. The maximum atomic E-state index is 6.01. The Labute approximate surface area is 230 Å². The lowest BCUT2D eigenvalue weighted by Crippen LogP contribution is -2.31. The van der Waals surface area contributed by atoms with Gasteiger partial charge in [-0.05, 0) is 54.5 Å². The van der Waals surface area contributed by atoms with Crippen LogP contribution in [-0.2, 0) is 13.1 Å². The standard InChI is InChI=1S/C31H36N4O2S/c1-2-3-4-10-20-36-27-15-17-28(18-16-27)37-21-19-35-24-26(29-13-8-9-14-30(29)35)23-33-34-31(38)32-22-25-11-6-5-7-12-25/h5-9,11-18,23-24H,2-4,10,19-22H2,1H3,(H2,32,34,38)/b33-23-. The number of hydrogen-bond donors (Lipinski definition) is 2. The third-order valence-electron chi connectivity index (χ3n) is 6.18. The molecule has 0 radical (unpaired) electrons. The number of benzene rings is 3. The van der Waals surface area contributed by atoms with Gasteiger partial charge in [0.15, 0.2) is 5.11 Å². The average molecular weight is 529 g/mol. The minimum Gasteiger partial charge on any atom is -0.494 e. The van der Waals surface area contributed by atoms with Crippen molar-refractivity contribution in [2.24, 2.45) is 5.10 Å². The molecule has 2 N–H and O–H groups in total. The summed E-state index contributed by atoms with van der Waals surface area (Å²) in [5.41, 5.74) is 6.22. The molecular weight excluding hydrogens is 492 g/mol. The maximum absolute atomic E-state index is 6.01. The van der Waals surface area contributed by atoms with Crippen molar-refractivity contribution in [1.29, 1.82) is 0 Å². The van der Waals surface area contributed by atoms with Crippen LogP contribution in [0.25, 0.3) is 10.9 Å². The molecule has 38 heavy (non-hydrogen) atoms. The summed E-state index contributed by atoms with van der Waals surface area (Å²) >= 11 is 5.35. The second kappa shape index (κ2) is 14.8. The van der Waals surface area contributed by atoms with Crippen molar-refractivity contribution in [3.63, 3.8) is 0 Å². The predicted octanol–water partition coefficient (Wildman–Crippen LogP) is 6.68. The zero-order chi connectivity index (χ0) is 26.4. The molecule has 0 aliphatic heterocycles. The van der Waals surface area contributed by atoms with Crippen molar-refractivity contribution in [3.8, 4) is 11.5 Å². The number of para-hydroxylation sites is 1. The topological polar surface area (TPSA) is 59.8 Å². The first-order chi connectivity index (χ1) is 18.7. The van der Waals surface area contributed by atoms with Crippen molar-refractivity contribution >= 4 is 34.4 Å². The molecule has 6 nitrogen and oxygen atoms in total. The molecule has 4 aromatic rings. The second-order valence-corrected chi connectivity index (χ2v) is 9.47. The van der Waals surface area contributed by atoms with E-state index in [0.29, 0.717) is 24.8 Å². The first kappa shape index (κ1) is 27.2. The van der Waals surface area contributed by atoms with Gasteiger partial charge in [0.25, 0.3) is 0 Å². The van der Waals surface area contributed by atoms with Crippen LogP contribution >= 0.6 is 12.2 Å². The Morgan fingerprint density at radius 2 is 1.58 bits per heavy atom. The Kier molecular flexibility index (Phi) is 10.6. The van der Waals surface area contributed by atoms with Gasteiger partial charge in [-0.3, -0.25) is 5.43 Å². The molecule has 1 heterocycles. The van der Waals surface area contributed by atoms with Gasteiger partial charge in [0.1, 0.15) is 18.1 Å². The lowest BCUT2D eigenvalue weighted by Gasteiger charge is -2.10. The van der Waals surface area contributed by atoms with Crippen LogP contribution in [0.4, 0.5) is 0 Å². The number of nitrogens with zero attached hydrogens (tertiary/aromatic N) is 2. The molecule has 0 amide bonds. The molecule has 0 saturated carbocycles. The van der Waals surface area contributed by atoms with Crippen LogP contribution in [0.3, 0.4) is 0 Å². The molecule has 0 unspecified atom stereocenters. The fourth-order valence-corrected chi connectivity index (χ4v) is 4.28. The van der Waals surface area contributed by atoms with Crippen molar-refractivity contribution in [1.82, 2.24) is 15.3 Å². The van der Waals surface area contributed by atoms with Gasteiger partial charge in [0, 0.05) is 29.2 Å². The van der Waals surface area contributed by atoms with E-state index >= 15 is 0 Å². The Balaban J connectivity index is 1.27. The number of rotatable bonds is 14. The Bertz CT molecular complexity index is 1300. The highest BCUT2D eigenvalue weighted by atomic mass is 32.1. The molecule has 3 aromatic carbocycles. The molecule has 4 rings (SSSR count). The van der Waals surface area contributed by atoms with Crippen LogP contribution in [0.5, 0.6) is 11.5 Å². The van der Waals surface area contributed by atoms with Gasteiger partial charge in [-0.15, -0.1) is 0 Å². The summed E-state index contributed by atoms with van der Waals surface area (Å²) in [6, 6.07) is 26.3. The molecule has 0 atom stereocenters. The van der Waals surface area contributed by atoms with Crippen LogP contribution in [0.1, 0.15) is 43.7 Å². The number of aromatic nitrogens is 1. The van der Waals surface area contributed by atoms with Crippen molar-refractivity contribution in [2.75, 3.05) is 13.2 Å². The Morgan fingerprint density at radius 3 is 2.34 bits per heavy atom. The number of nitrogens with one attached hydrogen (secondary N) is 2. The van der Waals surface area contributed by atoms with Gasteiger partial charge in [0.2, 0.25) is 0 Å². The fourth-order valence-electron chi connectivity index (χ4n) is 4.15. The van der Waals surface area contributed by atoms with Crippen molar-refractivity contribution in [3.05, 3.63) is 96.2 Å². The van der Waals surface area contributed by atoms with Crippen molar-refractivity contribution < 1.29 is 9.47 Å². The maximum Gasteiger partial charge on any atom is 0.187 e. The van der Waals surface area contributed by atoms with Crippen LogP contribution < -0.4 is 20.2 Å². The lowest BCUT2D eigenvalue weighted by atomic mass is 10.2. The number of hydrazone groups is 1. The quantitative estimate of drug-likeness (QED) is 0.0828. The number of thiocarbonyl (C=S) groups is 1. The van der Waals surface area contributed by atoms with Crippen molar-refractivity contribution in [2.45, 2.75) is 45.7 Å². The Morgan fingerprint density at radius 1 is 0.868 bits per heavy atom. The molecule has 0 spiro atoms. The van der Waals surface area contributed by atoms with Gasteiger partial charge in [-0.2, -0.15) is 5.10 Å². The molecule has 7 heteroatoms. The monoisotopic (exact) mass is 528 g/mol. The van der Waals surface area contributed by atoms with Crippen LogP contribution in [0, 0.1) is 0 Å². The SMILES string of the molecule is CCCCCCOc1ccc(OCCn2cc(/C=N\NC(=S)NCc3ccccc3)c3ccccc32)cc1. The summed E-state index contributed by atoms with van der Waals surface area (Å²) in [6.07, 6.45) is 8.71. The minimum absolute atomic E-state index is 0.482. The summed E-state index contributed by atoms with van der Waals surface area (Å²) in [7, 11) is 0. The van der Waals surface area contributed by atoms with E-state index in [0.717, 1.165) is 46.6 Å². The van der Waals surface area contributed by atoms with E-state index in [2.05, 4.69) is 57.8 Å². The fraction of sp³-hybridized carbons (Fsp3) is 0.290. The molecule has 0 saturated heterocycles. The van der Waals surface area contributed by atoms with E-state index in [9.17, 15) is 0 Å². The van der Waals surface area contributed by atoms with E-state index in [1.54, 1.807) is 6.21 Å². The average Bonchev–Trinajstić information content (AvgIpc) is 3.30. The van der Waals surface area contributed by atoms with E-state index < -0.39 is 0 Å². The number of ether oxygens (including phenoxy) is 2. The van der Waals surface area contributed by atoms with Gasteiger partial charge < -0.3 is 19.4 Å².